The number of nitrogens with zero attached hydrogens (tertiary/aromatic N) is 1. The second-order valence-corrected chi connectivity index (χ2v) is 2.44. The molecule has 5 nitrogen and oxygen atoms in total. The predicted octanol–water partition coefficient (Wildman–Crippen LogP) is 1.18. The van der Waals surface area contributed by atoms with Gasteiger partial charge in [0.15, 0.2) is 0 Å². The van der Waals surface area contributed by atoms with E-state index in [1.54, 1.807) is 0 Å². The van der Waals surface area contributed by atoms with Crippen molar-refractivity contribution in [1.29, 1.82) is 0 Å². The highest BCUT2D eigenvalue weighted by Gasteiger charge is 2.10. The maximum Gasteiger partial charge on any atom is 0.357 e. The molecule has 0 radical (unpaired) electrons. The molecule has 0 aromatic carbocycles. The van der Waals surface area contributed by atoms with Crippen molar-refractivity contribution in [1.82, 2.24) is 4.98 Å². The van der Waals surface area contributed by atoms with Gasteiger partial charge in [0, 0.05) is 6.20 Å². The van der Waals surface area contributed by atoms with E-state index < -0.39 is 11.9 Å². The van der Waals surface area contributed by atoms with Crippen LogP contribution in [0.2, 0.25) is 0 Å². The number of ether oxygens (including phenoxy) is 1. The van der Waals surface area contributed by atoms with Crippen molar-refractivity contribution in [2.45, 2.75) is 0 Å². The highest BCUT2D eigenvalue weighted by Crippen LogP contribution is 2.04. The van der Waals surface area contributed by atoms with Gasteiger partial charge in [-0.15, -0.1) is 0 Å². The summed E-state index contributed by atoms with van der Waals surface area (Å²) in [7, 11) is 1.24. The Kier molecular flexibility index (Phi) is 3.41. The van der Waals surface area contributed by atoms with E-state index >= 15 is 0 Å². The summed E-state index contributed by atoms with van der Waals surface area (Å²) < 4.78 is 8.36. The number of esters is 1. The lowest BCUT2D eigenvalue weighted by molar-refractivity contribution is 0.0592. The van der Waals surface area contributed by atoms with Crippen molar-refractivity contribution in [3.8, 4) is 0 Å². The van der Waals surface area contributed by atoms with Gasteiger partial charge in [-0.3, -0.25) is 0 Å². The molecule has 14 heavy (non-hydrogen) atoms. The topological polar surface area (TPSA) is 65.5 Å². The van der Waals surface area contributed by atoms with E-state index in [0.717, 1.165) is 0 Å². The Labute approximate surface area is 84.8 Å². The number of carbonyl (C=O) groups excluding carboxylic acids is 2. The van der Waals surface area contributed by atoms with Crippen LogP contribution in [0, 0.1) is 0 Å². The summed E-state index contributed by atoms with van der Waals surface area (Å²) in [5.41, 5.74) is 0.270. The number of halogens is 1. The third-order valence-electron chi connectivity index (χ3n) is 1.46. The van der Waals surface area contributed by atoms with Crippen LogP contribution in [0.25, 0.3) is 0 Å². The molecule has 74 valence electrons. The van der Waals surface area contributed by atoms with Crippen LogP contribution >= 0.6 is 11.9 Å². The van der Waals surface area contributed by atoms with Gasteiger partial charge in [-0.1, -0.05) is 0 Å². The molecule has 1 aromatic rings. The van der Waals surface area contributed by atoms with E-state index in [1.807, 2.05) is 0 Å². The SMILES string of the molecule is COC(=O)c1ccc(C(=O)OCl)cn1. The van der Waals surface area contributed by atoms with Crippen molar-refractivity contribution in [3.05, 3.63) is 29.6 Å². The smallest absolute Gasteiger partial charge is 0.357 e. The summed E-state index contributed by atoms with van der Waals surface area (Å²) in [6, 6.07) is 2.71. The van der Waals surface area contributed by atoms with E-state index in [9.17, 15) is 9.59 Å². The Morgan fingerprint density at radius 2 is 2.07 bits per heavy atom. The van der Waals surface area contributed by atoms with Crippen molar-refractivity contribution in [3.63, 3.8) is 0 Å². The molecule has 1 rings (SSSR count). The molecule has 0 saturated heterocycles. The lowest BCUT2D eigenvalue weighted by Gasteiger charge is -1.98. The molecule has 0 aliphatic heterocycles. The molecule has 0 spiro atoms. The van der Waals surface area contributed by atoms with Crippen molar-refractivity contribution >= 4 is 23.8 Å². The van der Waals surface area contributed by atoms with Crippen LogP contribution in [-0.2, 0) is 9.03 Å². The molecule has 0 N–H and O–H groups in total. The molecule has 6 heteroatoms. The average molecular weight is 216 g/mol. The molecule has 1 heterocycles. The Balaban J connectivity index is 2.89. The molecule has 0 amide bonds. The number of aromatic nitrogens is 1. The molecule has 0 atom stereocenters. The summed E-state index contributed by atoms with van der Waals surface area (Å²) in [6.45, 7) is 0. The third kappa shape index (κ3) is 2.20. The maximum absolute atomic E-state index is 10.9. The molecule has 0 saturated carbocycles. The van der Waals surface area contributed by atoms with Crippen LogP contribution in [0.1, 0.15) is 20.8 Å². The third-order valence-corrected chi connectivity index (χ3v) is 1.60. The van der Waals surface area contributed by atoms with Gasteiger partial charge in [0.25, 0.3) is 0 Å². The minimum atomic E-state index is -0.726. The number of methoxy groups -OCH3 is 1. The molecule has 0 unspecified atom stereocenters. The Bertz CT molecular complexity index is 314. The summed E-state index contributed by atoms with van der Waals surface area (Å²) in [5.74, 6) is -1.30. The molecular weight excluding hydrogens is 210 g/mol. The van der Waals surface area contributed by atoms with Crippen LogP contribution in [0.5, 0.6) is 0 Å². The lowest BCUT2D eigenvalue weighted by atomic mass is 10.2. The van der Waals surface area contributed by atoms with Gasteiger partial charge in [0.2, 0.25) is 0 Å². The zero-order valence-electron chi connectivity index (χ0n) is 7.19. The zero-order valence-corrected chi connectivity index (χ0v) is 7.95. The largest absolute Gasteiger partial charge is 0.464 e. The lowest BCUT2D eigenvalue weighted by Crippen LogP contribution is -2.06. The first-order chi connectivity index (χ1) is 6.69. The Hall–Kier alpha value is -1.62. The second-order valence-electron chi connectivity index (χ2n) is 2.29. The summed E-state index contributed by atoms with van der Waals surface area (Å²) >= 11 is 4.85. The summed E-state index contributed by atoms with van der Waals surface area (Å²) in [6.07, 6.45) is 1.18. The first-order valence-electron chi connectivity index (χ1n) is 3.56. The molecule has 1 aromatic heterocycles. The van der Waals surface area contributed by atoms with Crippen molar-refractivity contribution in [2.75, 3.05) is 7.11 Å². The number of hydrogen-bond donors (Lipinski definition) is 0. The first kappa shape index (κ1) is 10.5. The van der Waals surface area contributed by atoms with Gasteiger partial charge < -0.3 is 9.03 Å². The monoisotopic (exact) mass is 215 g/mol. The highest BCUT2D eigenvalue weighted by molar-refractivity contribution is 6.15. The molecule has 0 fully saturated rings. The minimum absolute atomic E-state index is 0.110. The van der Waals surface area contributed by atoms with Crippen LogP contribution in [0.4, 0.5) is 0 Å². The van der Waals surface area contributed by atoms with Crippen LogP contribution in [-0.4, -0.2) is 24.0 Å². The number of hydrogen-bond acceptors (Lipinski definition) is 5. The van der Waals surface area contributed by atoms with E-state index in [1.165, 1.54) is 25.4 Å². The summed E-state index contributed by atoms with van der Waals surface area (Å²) in [4.78, 5) is 25.5. The van der Waals surface area contributed by atoms with Crippen LogP contribution in [0.15, 0.2) is 18.3 Å². The molecule has 0 bridgehead atoms. The van der Waals surface area contributed by atoms with Gasteiger partial charge in [-0.05, 0) is 12.1 Å². The fourth-order valence-corrected chi connectivity index (χ4v) is 0.874. The van der Waals surface area contributed by atoms with Gasteiger partial charge in [-0.2, -0.15) is 0 Å². The molecule has 0 aliphatic carbocycles. The minimum Gasteiger partial charge on any atom is -0.464 e. The van der Waals surface area contributed by atoms with Gasteiger partial charge in [-0.25, -0.2) is 14.6 Å². The van der Waals surface area contributed by atoms with Gasteiger partial charge >= 0.3 is 11.9 Å². The fraction of sp³-hybridized carbons (Fsp3) is 0.125. The van der Waals surface area contributed by atoms with E-state index in [4.69, 9.17) is 11.9 Å². The molecule has 0 aliphatic rings. The second kappa shape index (κ2) is 4.57. The van der Waals surface area contributed by atoms with Crippen LogP contribution < -0.4 is 0 Å². The Morgan fingerprint density at radius 1 is 1.36 bits per heavy atom. The van der Waals surface area contributed by atoms with Crippen molar-refractivity contribution in [2.24, 2.45) is 0 Å². The number of pyridine rings is 1. The number of carbonyl (C=O) groups is 2. The predicted molar refractivity (Wildman–Crippen MR) is 46.8 cm³/mol. The number of rotatable bonds is 2. The quantitative estimate of drug-likeness (QED) is 0.693. The zero-order chi connectivity index (χ0) is 10.6. The van der Waals surface area contributed by atoms with Crippen LogP contribution in [0.3, 0.4) is 0 Å². The van der Waals surface area contributed by atoms with E-state index in [2.05, 4.69) is 14.0 Å². The first-order valence-corrected chi connectivity index (χ1v) is 3.87. The average Bonchev–Trinajstić information content (AvgIpc) is 2.27. The normalized spacial score (nSPS) is 9.29. The van der Waals surface area contributed by atoms with Gasteiger partial charge in [0.05, 0.1) is 12.7 Å². The van der Waals surface area contributed by atoms with Gasteiger partial charge in [0.1, 0.15) is 17.6 Å². The van der Waals surface area contributed by atoms with E-state index in [0.29, 0.717) is 0 Å². The highest BCUT2D eigenvalue weighted by atomic mass is 35.5. The standard InChI is InChI=1S/C8H6ClNO4/c1-13-8(12)6-3-2-5(4-10-6)7(11)14-9/h2-4H,1H3. The summed E-state index contributed by atoms with van der Waals surface area (Å²) in [5, 5.41) is 0. The maximum atomic E-state index is 10.9. The van der Waals surface area contributed by atoms with E-state index in [-0.39, 0.29) is 11.3 Å². The van der Waals surface area contributed by atoms with Crippen molar-refractivity contribution < 1.29 is 18.6 Å². The Morgan fingerprint density at radius 3 is 2.50 bits per heavy atom. The molecular formula is C8H6ClNO4. The fourth-order valence-electron chi connectivity index (χ4n) is 0.784.